The summed E-state index contributed by atoms with van der Waals surface area (Å²) in [6.45, 7) is 2.24. The van der Waals surface area contributed by atoms with E-state index < -0.39 is 0 Å². The Bertz CT molecular complexity index is 895. The Hall–Kier alpha value is -2.61. The van der Waals surface area contributed by atoms with Gasteiger partial charge in [-0.1, -0.05) is 43.7 Å². The van der Waals surface area contributed by atoms with Crippen molar-refractivity contribution in [2.75, 3.05) is 0 Å². The van der Waals surface area contributed by atoms with E-state index in [9.17, 15) is 0 Å². The summed E-state index contributed by atoms with van der Waals surface area (Å²) in [7, 11) is 0. The van der Waals surface area contributed by atoms with Gasteiger partial charge in [0.2, 0.25) is 0 Å². The molecule has 2 heterocycles. The molecule has 0 bridgehead atoms. The van der Waals surface area contributed by atoms with E-state index in [0.717, 1.165) is 17.5 Å². The summed E-state index contributed by atoms with van der Waals surface area (Å²) in [5.41, 5.74) is 6.05. The SMILES string of the molecule is CCCCc1ccc(-n2c3ccccc3c3ncccc32)cc1. The molecule has 2 heteroatoms. The largest absolute Gasteiger partial charge is 0.308 e. The first-order chi connectivity index (χ1) is 11.4. The van der Waals surface area contributed by atoms with Gasteiger partial charge in [0.15, 0.2) is 0 Å². The maximum absolute atomic E-state index is 4.59. The van der Waals surface area contributed by atoms with Crippen LogP contribution in [0.4, 0.5) is 0 Å². The lowest BCUT2D eigenvalue weighted by Crippen LogP contribution is -1.94. The van der Waals surface area contributed by atoms with Crippen molar-refractivity contribution in [1.82, 2.24) is 9.55 Å². The van der Waals surface area contributed by atoms with Crippen molar-refractivity contribution in [3.8, 4) is 5.69 Å². The molecule has 4 aromatic rings. The average molecular weight is 300 g/mol. The first-order valence-corrected chi connectivity index (χ1v) is 8.32. The number of benzene rings is 2. The number of nitrogens with zero attached hydrogens (tertiary/aromatic N) is 2. The van der Waals surface area contributed by atoms with Crippen molar-refractivity contribution in [2.45, 2.75) is 26.2 Å². The summed E-state index contributed by atoms with van der Waals surface area (Å²) in [5.74, 6) is 0. The van der Waals surface area contributed by atoms with E-state index in [1.807, 2.05) is 12.3 Å². The molecule has 114 valence electrons. The summed E-state index contributed by atoms with van der Waals surface area (Å²) >= 11 is 0. The number of rotatable bonds is 4. The van der Waals surface area contributed by atoms with Gasteiger partial charge in [-0.05, 0) is 48.7 Å². The summed E-state index contributed by atoms with van der Waals surface area (Å²) in [6.07, 6.45) is 5.51. The van der Waals surface area contributed by atoms with Gasteiger partial charge in [-0.3, -0.25) is 4.98 Å². The summed E-state index contributed by atoms with van der Waals surface area (Å²) in [4.78, 5) is 4.59. The van der Waals surface area contributed by atoms with Crippen LogP contribution in [0.1, 0.15) is 25.3 Å². The Labute approximate surface area is 136 Å². The van der Waals surface area contributed by atoms with Crippen LogP contribution < -0.4 is 0 Å². The molecule has 0 aliphatic heterocycles. The predicted octanol–water partition coefficient (Wildman–Crippen LogP) is 5.52. The minimum atomic E-state index is 1.07. The second-order valence-corrected chi connectivity index (χ2v) is 5.99. The molecule has 0 saturated heterocycles. The van der Waals surface area contributed by atoms with Gasteiger partial charge in [0, 0.05) is 17.3 Å². The van der Waals surface area contributed by atoms with Crippen LogP contribution in [-0.2, 0) is 6.42 Å². The number of para-hydroxylation sites is 1. The molecule has 4 rings (SSSR count). The fourth-order valence-electron chi connectivity index (χ4n) is 3.25. The fraction of sp³-hybridized carbons (Fsp3) is 0.190. The number of unbranched alkanes of at least 4 members (excludes halogenated alkanes) is 1. The van der Waals surface area contributed by atoms with Gasteiger partial charge in [0.25, 0.3) is 0 Å². The van der Waals surface area contributed by atoms with Gasteiger partial charge in [0.1, 0.15) is 0 Å². The molecule has 2 aromatic carbocycles. The Balaban J connectivity index is 1.90. The van der Waals surface area contributed by atoms with E-state index in [4.69, 9.17) is 0 Å². The van der Waals surface area contributed by atoms with Gasteiger partial charge in [-0.2, -0.15) is 0 Å². The molecule has 0 saturated carbocycles. The molecule has 0 amide bonds. The Morgan fingerprint density at radius 1 is 0.870 bits per heavy atom. The van der Waals surface area contributed by atoms with Crippen molar-refractivity contribution in [3.05, 3.63) is 72.4 Å². The molecule has 0 spiro atoms. The molecular weight excluding hydrogens is 280 g/mol. The Kier molecular flexibility index (Phi) is 3.58. The topological polar surface area (TPSA) is 17.8 Å². The third-order valence-corrected chi connectivity index (χ3v) is 4.44. The lowest BCUT2D eigenvalue weighted by Gasteiger charge is -2.08. The number of aromatic nitrogens is 2. The van der Waals surface area contributed by atoms with Crippen molar-refractivity contribution < 1.29 is 0 Å². The molecular formula is C21H20N2. The Morgan fingerprint density at radius 3 is 2.48 bits per heavy atom. The average Bonchev–Trinajstić information content (AvgIpc) is 2.95. The third kappa shape index (κ3) is 2.40. The van der Waals surface area contributed by atoms with Gasteiger partial charge in [-0.25, -0.2) is 0 Å². The van der Waals surface area contributed by atoms with Gasteiger partial charge in [0.05, 0.1) is 16.6 Å². The quantitative estimate of drug-likeness (QED) is 0.485. The van der Waals surface area contributed by atoms with Crippen molar-refractivity contribution >= 4 is 21.9 Å². The van der Waals surface area contributed by atoms with Gasteiger partial charge < -0.3 is 4.57 Å². The van der Waals surface area contributed by atoms with Crippen molar-refractivity contribution in [2.24, 2.45) is 0 Å². The molecule has 23 heavy (non-hydrogen) atoms. The van der Waals surface area contributed by atoms with Gasteiger partial charge >= 0.3 is 0 Å². The van der Waals surface area contributed by atoms with Crippen LogP contribution in [0, 0.1) is 0 Å². The summed E-state index contributed by atoms with van der Waals surface area (Å²) < 4.78 is 2.31. The maximum Gasteiger partial charge on any atom is 0.0963 e. The van der Waals surface area contributed by atoms with E-state index >= 15 is 0 Å². The van der Waals surface area contributed by atoms with E-state index in [1.165, 1.54) is 35.0 Å². The third-order valence-electron chi connectivity index (χ3n) is 4.44. The molecule has 0 atom stereocenters. The monoisotopic (exact) mass is 300 g/mol. The smallest absolute Gasteiger partial charge is 0.0963 e. The molecule has 0 aliphatic carbocycles. The van der Waals surface area contributed by atoms with Crippen LogP contribution in [0.2, 0.25) is 0 Å². The van der Waals surface area contributed by atoms with E-state index in [-0.39, 0.29) is 0 Å². The van der Waals surface area contributed by atoms with E-state index in [2.05, 4.69) is 71.1 Å². The van der Waals surface area contributed by atoms with E-state index in [0.29, 0.717) is 0 Å². The van der Waals surface area contributed by atoms with Crippen LogP contribution in [-0.4, -0.2) is 9.55 Å². The van der Waals surface area contributed by atoms with Crippen molar-refractivity contribution in [3.63, 3.8) is 0 Å². The number of hydrogen-bond acceptors (Lipinski definition) is 1. The second kappa shape index (κ2) is 5.88. The van der Waals surface area contributed by atoms with Crippen LogP contribution in [0.25, 0.3) is 27.6 Å². The highest BCUT2D eigenvalue weighted by molar-refractivity contribution is 6.06. The molecule has 0 radical (unpaired) electrons. The second-order valence-electron chi connectivity index (χ2n) is 5.99. The zero-order valence-corrected chi connectivity index (χ0v) is 13.4. The number of pyridine rings is 1. The highest BCUT2D eigenvalue weighted by Gasteiger charge is 2.11. The highest BCUT2D eigenvalue weighted by atomic mass is 15.0. The molecule has 0 aliphatic rings. The lowest BCUT2D eigenvalue weighted by molar-refractivity contribution is 0.795. The maximum atomic E-state index is 4.59. The lowest BCUT2D eigenvalue weighted by atomic mass is 10.1. The number of hydrogen-bond donors (Lipinski definition) is 0. The first-order valence-electron chi connectivity index (χ1n) is 8.32. The standard InChI is InChI=1S/C21H20N2/c1-2-3-7-16-11-13-17(14-12-16)23-19-9-5-4-8-18(19)21-20(23)10-6-15-22-21/h4-6,8-15H,2-3,7H2,1H3. The normalized spacial score (nSPS) is 11.3. The summed E-state index contributed by atoms with van der Waals surface area (Å²) in [5, 5.41) is 1.21. The number of aryl methyl sites for hydroxylation is 1. The van der Waals surface area contributed by atoms with Gasteiger partial charge in [-0.15, -0.1) is 0 Å². The van der Waals surface area contributed by atoms with Crippen LogP contribution >= 0.6 is 0 Å². The highest BCUT2D eigenvalue weighted by Crippen LogP contribution is 2.30. The molecule has 2 nitrogen and oxygen atoms in total. The Morgan fingerprint density at radius 2 is 1.65 bits per heavy atom. The fourth-order valence-corrected chi connectivity index (χ4v) is 3.25. The molecule has 0 unspecified atom stereocenters. The predicted molar refractivity (Wildman–Crippen MR) is 97.2 cm³/mol. The molecule has 2 aromatic heterocycles. The first kappa shape index (κ1) is 14.0. The zero-order chi connectivity index (χ0) is 15.6. The van der Waals surface area contributed by atoms with Crippen LogP contribution in [0.3, 0.4) is 0 Å². The van der Waals surface area contributed by atoms with Crippen LogP contribution in [0.15, 0.2) is 66.9 Å². The minimum absolute atomic E-state index is 1.07. The van der Waals surface area contributed by atoms with Crippen LogP contribution in [0.5, 0.6) is 0 Å². The zero-order valence-electron chi connectivity index (χ0n) is 13.4. The number of fused-ring (bicyclic) bond motifs is 3. The van der Waals surface area contributed by atoms with Crippen molar-refractivity contribution in [1.29, 1.82) is 0 Å². The summed E-state index contributed by atoms with van der Waals surface area (Å²) in [6, 6.07) is 21.6. The van der Waals surface area contributed by atoms with E-state index in [1.54, 1.807) is 0 Å². The molecule has 0 fully saturated rings. The minimum Gasteiger partial charge on any atom is -0.308 e. The molecule has 0 N–H and O–H groups in total.